The lowest BCUT2D eigenvalue weighted by atomic mass is 10.1. The molecule has 1 aromatic heterocycles. The van der Waals surface area contributed by atoms with Crippen LogP contribution in [0.1, 0.15) is 23.4 Å². The molecule has 18 heavy (non-hydrogen) atoms. The molecule has 1 atom stereocenters. The second-order valence-electron chi connectivity index (χ2n) is 4.16. The molecular weight excluding hydrogens is 249 g/mol. The zero-order valence-corrected chi connectivity index (χ0v) is 11.0. The smallest absolute Gasteiger partial charge is 0.165 e. The van der Waals surface area contributed by atoms with Gasteiger partial charge in [0.25, 0.3) is 0 Å². The van der Waals surface area contributed by atoms with Gasteiger partial charge in [-0.2, -0.15) is 0 Å². The molecule has 0 radical (unpaired) electrons. The predicted octanol–water partition coefficient (Wildman–Crippen LogP) is 3.53. The van der Waals surface area contributed by atoms with Crippen LogP contribution in [0.4, 0.5) is 4.39 Å². The third-order valence-electron chi connectivity index (χ3n) is 2.67. The van der Waals surface area contributed by atoms with E-state index in [1.807, 2.05) is 24.4 Å². The first-order chi connectivity index (χ1) is 8.66. The molecule has 0 aliphatic carbocycles. The van der Waals surface area contributed by atoms with E-state index in [1.54, 1.807) is 23.5 Å². The van der Waals surface area contributed by atoms with Gasteiger partial charge in [-0.25, -0.2) is 4.39 Å². The molecule has 1 unspecified atom stereocenters. The Morgan fingerprint density at radius 1 is 1.39 bits per heavy atom. The van der Waals surface area contributed by atoms with Gasteiger partial charge in [0.15, 0.2) is 11.6 Å². The molecule has 2 aromatic rings. The van der Waals surface area contributed by atoms with Gasteiger partial charge in [-0.3, -0.25) is 0 Å². The van der Waals surface area contributed by atoms with Crippen molar-refractivity contribution in [2.75, 3.05) is 6.61 Å². The molecule has 1 heterocycles. The van der Waals surface area contributed by atoms with Crippen molar-refractivity contribution in [1.82, 2.24) is 0 Å². The Morgan fingerprint density at radius 3 is 2.83 bits per heavy atom. The second kappa shape index (κ2) is 5.98. The maximum absolute atomic E-state index is 13.7. The average Bonchev–Trinajstić information content (AvgIpc) is 2.84. The minimum Gasteiger partial charge on any atom is -0.490 e. The van der Waals surface area contributed by atoms with Crippen LogP contribution < -0.4 is 10.5 Å². The zero-order chi connectivity index (χ0) is 13.0. The Labute approximate surface area is 110 Å². The molecule has 0 aliphatic rings. The monoisotopic (exact) mass is 265 g/mol. The lowest BCUT2D eigenvalue weighted by molar-refractivity contribution is 0.306. The number of thiophene rings is 1. The molecule has 96 valence electrons. The molecule has 2 rings (SSSR count). The van der Waals surface area contributed by atoms with E-state index in [-0.39, 0.29) is 17.6 Å². The highest BCUT2D eigenvalue weighted by Gasteiger charge is 2.07. The van der Waals surface area contributed by atoms with E-state index in [2.05, 4.69) is 0 Å². The molecular formula is C14H16FNOS. The van der Waals surface area contributed by atoms with Crippen molar-refractivity contribution in [3.05, 3.63) is 52.0 Å². The second-order valence-corrected chi connectivity index (χ2v) is 5.19. The van der Waals surface area contributed by atoms with Gasteiger partial charge in [-0.15, -0.1) is 11.3 Å². The van der Waals surface area contributed by atoms with Crippen molar-refractivity contribution in [2.24, 2.45) is 5.73 Å². The van der Waals surface area contributed by atoms with Crippen LogP contribution in [0.25, 0.3) is 0 Å². The summed E-state index contributed by atoms with van der Waals surface area (Å²) in [6, 6.07) is 8.75. The van der Waals surface area contributed by atoms with Crippen molar-refractivity contribution in [3.63, 3.8) is 0 Å². The molecule has 0 bridgehead atoms. The highest BCUT2D eigenvalue weighted by Crippen LogP contribution is 2.21. The van der Waals surface area contributed by atoms with E-state index in [1.165, 1.54) is 10.9 Å². The highest BCUT2D eigenvalue weighted by molar-refractivity contribution is 7.09. The number of benzene rings is 1. The Morgan fingerprint density at radius 2 is 2.22 bits per heavy atom. The van der Waals surface area contributed by atoms with Gasteiger partial charge in [-0.05, 0) is 36.1 Å². The first-order valence-corrected chi connectivity index (χ1v) is 6.75. The minimum absolute atomic E-state index is 0.167. The van der Waals surface area contributed by atoms with Gasteiger partial charge in [-0.1, -0.05) is 12.1 Å². The molecule has 0 spiro atoms. The van der Waals surface area contributed by atoms with Crippen LogP contribution in [0.5, 0.6) is 5.75 Å². The summed E-state index contributed by atoms with van der Waals surface area (Å²) in [7, 11) is 0. The third-order valence-corrected chi connectivity index (χ3v) is 3.60. The summed E-state index contributed by atoms with van der Waals surface area (Å²) >= 11 is 1.68. The standard InChI is InChI=1S/C14H16FNOS/c1-10(16)11-4-5-14(13(15)9-11)17-7-6-12-3-2-8-18-12/h2-5,8-10H,6-7,16H2,1H3. The van der Waals surface area contributed by atoms with Crippen LogP contribution in [0.2, 0.25) is 0 Å². The van der Waals surface area contributed by atoms with E-state index in [4.69, 9.17) is 10.5 Å². The summed E-state index contributed by atoms with van der Waals surface area (Å²) in [5.74, 6) is -0.0630. The Kier molecular flexibility index (Phi) is 4.33. The summed E-state index contributed by atoms with van der Waals surface area (Å²) in [4.78, 5) is 1.24. The van der Waals surface area contributed by atoms with Gasteiger partial charge in [0, 0.05) is 17.3 Å². The average molecular weight is 265 g/mol. The normalized spacial score (nSPS) is 12.4. The molecule has 0 fully saturated rings. The lowest BCUT2D eigenvalue weighted by Crippen LogP contribution is -2.06. The van der Waals surface area contributed by atoms with Gasteiger partial charge in [0.2, 0.25) is 0 Å². The number of hydrogen-bond donors (Lipinski definition) is 1. The molecule has 1 aromatic carbocycles. The van der Waals surface area contributed by atoms with Crippen LogP contribution in [-0.2, 0) is 6.42 Å². The molecule has 0 saturated heterocycles. The fraction of sp³-hybridized carbons (Fsp3) is 0.286. The van der Waals surface area contributed by atoms with Gasteiger partial charge < -0.3 is 10.5 Å². The summed E-state index contributed by atoms with van der Waals surface area (Å²) in [5, 5.41) is 2.02. The molecule has 0 amide bonds. The first kappa shape index (κ1) is 13.1. The maximum atomic E-state index is 13.7. The summed E-state index contributed by atoms with van der Waals surface area (Å²) in [6.45, 7) is 2.31. The zero-order valence-electron chi connectivity index (χ0n) is 10.2. The fourth-order valence-electron chi connectivity index (χ4n) is 1.63. The fourth-order valence-corrected chi connectivity index (χ4v) is 2.32. The van der Waals surface area contributed by atoms with E-state index in [9.17, 15) is 4.39 Å². The maximum Gasteiger partial charge on any atom is 0.165 e. The number of nitrogens with two attached hydrogens (primary N) is 1. The first-order valence-electron chi connectivity index (χ1n) is 5.87. The van der Waals surface area contributed by atoms with E-state index < -0.39 is 0 Å². The van der Waals surface area contributed by atoms with E-state index >= 15 is 0 Å². The topological polar surface area (TPSA) is 35.2 Å². The minimum atomic E-state index is -0.351. The molecule has 0 saturated carbocycles. The Bertz CT molecular complexity index is 497. The largest absolute Gasteiger partial charge is 0.490 e. The quantitative estimate of drug-likeness (QED) is 0.897. The van der Waals surface area contributed by atoms with Crippen molar-refractivity contribution in [3.8, 4) is 5.75 Å². The van der Waals surface area contributed by atoms with Crippen LogP contribution in [0.3, 0.4) is 0 Å². The van der Waals surface area contributed by atoms with Crippen LogP contribution in [0.15, 0.2) is 35.7 Å². The van der Waals surface area contributed by atoms with Crippen LogP contribution in [0, 0.1) is 5.82 Å². The van der Waals surface area contributed by atoms with Crippen molar-refractivity contribution in [1.29, 1.82) is 0 Å². The summed E-state index contributed by atoms with van der Waals surface area (Å²) < 4.78 is 19.1. The predicted molar refractivity (Wildman–Crippen MR) is 72.5 cm³/mol. The molecule has 4 heteroatoms. The van der Waals surface area contributed by atoms with Crippen LogP contribution in [-0.4, -0.2) is 6.61 Å². The molecule has 2 N–H and O–H groups in total. The van der Waals surface area contributed by atoms with Gasteiger partial charge in [0.1, 0.15) is 0 Å². The Hall–Kier alpha value is -1.39. The van der Waals surface area contributed by atoms with E-state index in [0.717, 1.165) is 12.0 Å². The van der Waals surface area contributed by atoms with Crippen LogP contribution >= 0.6 is 11.3 Å². The highest BCUT2D eigenvalue weighted by atomic mass is 32.1. The van der Waals surface area contributed by atoms with E-state index in [0.29, 0.717) is 6.61 Å². The summed E-state index contributed by atoms with van der Waals surface area (Å²) in [5.41, 5.74) is 6.47. The Balaban J connectivity index is 1.93. The van der Waals surface area contributed by atoms with Crippen molar-refractivity contribution < 1.29 is 9.13 Å². The number of hydrogen-bond acceptors (Lipinski definition) is 3. The molecule has 2 nitrogen and oxygen atoms in total. The number of rotatable bonds is 5. The lowest BCUT2D eigenvalue weighted by Gasteiger charge is -2.10. The van der Waals surface area contributed by atoms with Gasteiger partial charge >= 0.3 is 0 Å². The van der Waals surface area contributed by atoms with Gasteiger partial charge in [0.05, 0.1) is 6.61 Å². The SMILES string of the molecule is CC(N)c1ccc(OCCc2cccs2)c(F)c1. The third kappa shape index (κ3) is 3.31. The summed E-state index contributed by atoms with van der Waals surface area (Å²) in [6.07, 6.45) is 0.798. The number of halogens is 1. The van der Waals surface area contributed by atoms with Crippen molar-refractivity contribution >= 4 is 11.3 Å². The number of ether oxygens (including phenoxy) is 1. The van der Waals surface area contributed by atoms with Crippen molar-refractivity contribution in [2.45, 2.75) is 19.4 Å². The molecule has 0 aliphatic heterocycles.